The Bertz CT molecular complexity index is 614. The Kier molecular flexibility index (Phi) is 3.68. The number of hydrogen-bond acceptors (Lipinski definition) is 3. The van der Waals surface area contributed by atoms with Crippen LogP contribution in [0.4, 0.5) is 8.78 Å². The van der Waals surface area contributed by atoms with Gasteiger partial charge in [0, 0.05) is 23.3 Å². The molecule has 5 heteroatoms. The summed E-state index contributed by atoms with van der Waals surface area (Å²) in [6.07, 6.45) is 0.914. The molecule has 0 aliphatic rings. The largest absolute Gasteiger partial charge is 0.241 e. The molecule has 0 radical (unpaired) electrons. The zero-order valence-corrected chi connectivity index (χ0v) is 10.5. The van der Waals surface area contributed by atoms with Crippen molar-refractivity contribution in [2.75, 3.05) is 0 Å². The molecule has 2 nitrogen and oxygen atoms in total. The molecular formula is C13H10F2N2S. The van der Waals surface area contributed by atoms with Crippen LogP contribution in [0.1, 0.15) is 16.3 Å². The van der Waals surface area contributed by atoms with E-state index in [-0.39, 0.29) is 5.56 Å². The van der Waals surface area contributed by atoms with Gasteiger partial charge in [-0.05, 0) is 25.1 Å². The number of rotatable bonds is 3. The van der Waals surface area contributed by atoms with Gasteiger partial charge in [-0.15, -0.1) is 11.3 Å². The topological polar surface area (TPSA) is 36.7 Å². The van der Waals surface area contributed by atoms with E-state index in [1.54, 1.807) is 0 Å². The van der Waals surface area contributed by atoms with Crippen LogP contribution in [0, 0.1) is 29.9 Å². The number of aryl methyl sites for hydroxylation is 2. The molecule has 0 atom stereocenters. The molecule has 1 aromatic heterocycles. The Morgan fingerprint density at radius 3 is 2.89 bits per heavy atom. The minimum Gasteiger partial charge on any atom is -0.241 e. The van der Waals surface area contributed by atoms with Crippen LogP contribution in [0.15, 0.2) is 18.2 Å². The summed E-state index contributed by atoms with van der Waals surface area (Å²) in [6, 6.07) is 5.36. The zero-order valence-electron chi connectivity index (χ0n) is 9.70. The Balaban J connectivity index is 2.41. The molecule has 0 aliphatic carbocycles. The summed E-state index contributed by atoms with van der Waals surface area (Å²) < 4.78 is 26.8. The van der Waals surface area contributed by atoms with Crippen LogP contribution in [0.3, 0.4) is 0 Å². The Labute approximate surface area is 108 Å². The highest BCUT2D eigenvalue weighted by atomic mass is 32.1. The fraction of sp³-hybridized carbons (Fsp3) is 0.231. The predicted octanol–water partition coefficient (Wildman–Crippen LogP) is 3.85. The molecule has 0 saturated carbocycles. The van der Waals surface area contributed by atoms with Gasteiger partial charge in [-0.2, -0.15) is 5.26 Å². The van der Waals surface area contributed by atoms with Crippen molar-refractivity contribution in [2.45, 2.75) is 19.8 Å². The first kappa shape index (κ1) is 12.7. The number of hydrogen-bond donors (Lipinski definition) is 0. The lowest BCUT2D eigenvalue weighted by Gasteiger charge is -2.00. The van der Waals surface area contributed by atoms with Gasteiger partial charge in [0.15, 0.2) is 0 Å². The average Bonchev–Trinajstić information content (AvgIpc) is 2.71. The maximum atomic E-state index is 13.6. The van der Waals surface area contributed by atoms with E-state index in [4.69, 9.17) is 5.26 Å². The first-order valence-corrected chi connectivity index (χ1v) is 6.22. The van der Waals surface area contributed by atoms with Crippen molar-refractivity contribution in [2.24, 2.45) is 0 Å². The van der Waals surface area contributed by atoms with Gasteiger partial charge in [0.25, 0.3) is 0 Å². The van der Waals surface area contributed by atoms with E-state index in [9.17, 15) is 8.78 Å². The summed E-state index contributed by atoms with van der Waals surface area (Å²) in [6.45, 7) is 1.81. The van der Waals surface area contributed by atoms with Crippen molar-refractivity contribution in [3.05, 3.63) is 39.7 Å². The highest BCUT2D eigenvalue weighted by molar-refractivity contribution is 7.12. The van der Waals surface area contributed by atoms with Gasteiger partial charge >= 0.3 is 0 Å². The van der Waals surface area contributed by atoms with Crippen molar-refractivity contribution in [1.82, 2.24) is 4.98 Å². The first-order chi connectivity index (χ1) is 8.61. The minimum absolute atomic E-state index is 0.173. The number of nitrogens with zero attached hydrogens (tertiary/aromatic N) is 2. The third-order valence-electron chi connectivity index (χ3n) is 2.48. The average molecular weight is 264 g/mol. The quantitative estimate of drug-likeness (QED) is 0.844. The second-order valence-corrected chi connectivity index (χ2v) is 5.08. The highest BCUT2D eigenvalue weighted by Crippen LogP contribution is 2.30. The number of aromatic nitrogens is 1. The van der Waals surface area contributed by atoms with Crippen LogP contribution in [-0.4, -0.2) is 4.98 Å². The maximum Gasteiger partial charge on any atom is 0.132 e. The molecule has 2 rings (SSSR count). The van der Waals surface area contributed by atoms with E-state index in [1.807, 2.05) is 13.0 Å². The van der Waals surface area contributed by atoms with Crippen molar-refractivity contribution in [3.8, 4) is 17.3 Å². The fourth-order valence-corrected chi connectivity index (χ4v) is 2.60. The Morgan fingerprint density at radius 2 is 2.17 bits per heavy atom. The van der Waals surface area contributed by atoms with Gasteiger partial charge in [0.1, 0.15) is 11.6 Å². The van der Waals surface area contributed by atoms with Gasteiger partial charge in [0.2, 0.25) is 0 Å². The van der Waals surface area contributed by atoms with Crippen LogP contribution in [0.5, 0.6) is 0 Å². The molecule has 18 heavy (non-hydrogen) atoms. The Morgan fingerprint density at radius 1 is 1.39 bits per heavy atom. The number of thiazole rings is 1. The molecule has 0 aliphatic heterocycles. The molecule has 0 spiro atoms. The molecule has 1 heterocycles. The van der Waals surface area contributed by atoms with Crippen molar-refractivity contribution >= 4 is 11.3 Å². The molecule has 1 aromatic carbocycles. The highest BCUT2D eigenvalue weighted by Gasteiger charge is 2.14. The molecule has 0 bridgehead atoms. The lowest BCUT2D eigenvalue weighted by molar-refractivity contribution is 0.602. The van der Waals surface area contributed by atoms with E-state index in [1.165, 1.54) is 11.3 Å². The molecule has 0 saturated heterocycles. The van der Waals surface area contributed by atoms with Crippen molar-refractivity contribution < 1.29 is 8.78 Å². The van der Waals surface area contributed by atoms with E-state index in [0.717, 1.165) is 28.1 Å². The van der Waals surface area contributed by atoms with Crippen molar-refractivity contribution in [3.63, 3.8) is 0 Å². The minimum atomic E-state index is -0.489. The summed E-state index contributed by atoms with van der Waals surface area (Å²) in [4.78, 5) is 5.11. The summed E-state index contributed by atoms with van der Waals surface area (Å²) in [5.74, 6) is -0.978. The van der Waals surface area contributed by atoms with Crippen LogP contribution >= 0.6 is 11.3 Å². The predicted molar refractivity (Wildman–Crippen MR) is 66.1 cm³/mol. The van der Waals surface area contributed by atoms with E-state index in [2.05, 4.69) is 4.98 Å². The standard InChI is InChI=1S/C13H10F2N2S/c1-8-13(17-12(18-8)3-2-6-16)10-7-9(14)4-5-11(10)15/h4-5,7H,2-3H2,1H3. The van der Waals surface area contributed by atoms with Crippen LogP contribution in [0.2, 0.25) is 0 Å². The van der Waals surface area contributed by atoms with E-state index >= 15 is 0 Å². The second-order valence-electron chi connectivity index (χ2n) is 3.79. The molecule has 0 fully saturated rings. The monoisotopic (exact) mass is 264 g/mol. The van der Waals surface area contributed by atoms with Gasteiger partial charge in [-0.3, -0.25) is 0 Å². The van der Waals surface area contributed by atoms with E-state index < -0.39 is 11.6 Å². The van der Waals surface area contributed by atoms with Gasteiger partial charge in [-0.25, -0.2) is 13.8 Å². The van der Waals surface area contributed by atoms with Crippen molar-refractivity contribution in [1.29, 1.82) is 5.26 Å². The lowest BCUT2D eigenvalue weighted by Crippen LogP contribution is -1.89. The molecule has 92 valence electrons. The SMILES string of the molecule is Cc1sc(CCC#N)nc1-c1cc(F)ccc1F. The number of benzene rings is 1. The normalized spacial score (nSPS) is 10.3. The summed E-state index contributed by atoms with van der Waals surface area (Å²) in [5, 5.41) is 9.29. The lowest BCUT2D eigenvalue weighted by atomic mass is 10.1. The third kappa shape index (κ3) is 2.54. The smallest absolute Gasteiger partial charge is 0.132 e. The summed E-state index contributed by atoms with van der Waals surface area (Å²) in [5.41, 5.74) is 0.636. The molecule has 0 amide bonds. The second kappa shape index (κ2) is 5.23. The number of halogens is 2. The number of nitriles is 1. The molecule has 2 aromatic rings. The zero-order chi connectivity index (χ0) is 13.1. The van der Waals surface area contributed by atoms with Gasteiger partial charge in [0.05, 0.1) is 16.8 Å². The Hall–Kier alpha value is -1.80. The van der Waals surface area contributed by atoms with Crippen LogP contribution < -0.4 is 0 Å². The fourth-order valence-electron chi connectivity index (χ4n) is 1.65. The van der Waals surface area contributed by atoms with Crippen LogP contribution in [-0.2, 0) is 6.42 Å². The molecule has 0 unspecified atom stereocenters. The summed E-state index contributed by atoms with van der Waals surface area (Å²) >= 11 is 1.41. The first-order valence-electron chi connectivity index (χ1n) is 5.40. The van der Waals surface area contributed by atoms with Gasteiger partial charge in [-0.1, -0.05) is 0 Å². The van der Waals surface area contributed by atoms with E-state index in [0.29, 0.717) is 18.5 Å². The molecule has 0 N–H and O–H groups in total. The third-order valence-corrected chi connectivity index (χ3v) is 3.51. The van der Waals surface area contributed by atoms with Crippen LogP contribution in [0.25, 0.3) is 11.3 Å². The molecular weight excluding hydrogens is 254 g/mol. The maximum absolute atomic E-state index is 13.6. The van der Waals surface area contributed by atoms with Gasteiger partial charge < -0.3 is 0 Å². The summed E-state index contributed by atoms with van der Waals surface area (Å²) in [7, 11) is 0.